The maximum Gasteiger partial charge on any atom is 0.143 e. The predicted molar refractivity (Wildman–Crippen MR) is 76.4 cm³/mol. The molecule has 0 saturated carbocycles. The Balaban J connectivity index is 2.21. The van der Waals surface area contributed by atoms with Gasteiger partial charge in [0.1, 0.15) is 11.9 Å². The lowest BCUT2D eigenvalue weighted by Crippen LogP contribution is -2.38. The second kappa shape index (κ2) is 6.10. The van der Waals surface area contributed by atoms with Crippen molar-refractivity contribution in [1.29, 1.82) is 0 Å². The maximum atomic E-state index is 5.90. The molecular weight excluding hydrogens is 224 g/mol. The molecule has 1 atom stereocenters. The molecule has 1 heterocycles. The summed E-state index contributed by atoms with van der Waals surface area (Å²) in [6.45, 7) is 7.19. The van der Waals surface area contributed by atoms with Crippen LogP contribution in [0.3, 0.4) is 0 Å². The number of aryl methyl sites for hydroxylation is 1. The molecule has 0 saturated heterocycles. The van der Waals surface area contributed by atoms with E-state index in [0.717, 1.165) is 38.2 Å². The number of fused-ring (bicyclic) bond motifs is 1. The van der Waals surface area contributed by atoms with Gasteiger partial charge in [-0.05, 0) is 50.4 Å². The fourth-order valence-electron chi connectivity index (χ4n) is 2.52. The van der Waals surface area contributed by atoms with Crippen molar-refractivity contribution in [2.24, 2.45) is 5.73 Å². The molecule has 1 aromatic rings. The number of nitrogens with two attached hydrogens (primary N) is 1. The summed E-state index contributed by atoms with van der Waals surface area (Å²) in [6.07, 6.45) is 3.54. The lowest BCUT2D eigenvalue weighted by atomic mass is 10.1. The van der Waals surface area contributed by atoms with Gasteiger partial charge in [-0.2, -0.15) is 0 Å². The lowest BCUT2D eigenvalue weighted by molar-refractivity contribution is 0.212. The van der Waals surface area contributed by atoms with Crippen LogP contribution in [0.2, 0.25) is 0 Å². The summed E-state index contributed by atoms with van der Waals surface area (Å²) in [5.41, 5.74) is 8.19. The van der Waals surface area contributed by atoms with Crippen LogP contribution in [0.5, 0.6) is 5.75 Å². The summed E-state index contributed by atoms with van der Waals surface area (Å²) >= 11 is 0. The molecule has 0 radical (unpaired) electrons. The zero-order valence-electron chi connectivity index (χ0n) is 11.5. The first-order valence-corrected chi connectivity index (χ1v) is 6.99. The van der Waals surface area contributed by atoms with Gasteiger partial charge < -0.3 is 15.4 Å². The molecule has 2 N–H and O–H groups in total. The van der Waals surface area contributed by atoms with E-state index >= 15 is 0 Å². The molecule has 3 nitrogen and oxygen atoms in total. The Morgan fingerprint density at radius 1 is 1.44 bits per heavy atom. The van der Waals surface area contributed by atoms with Gasteiger partial charge in [-0.3, -0.25) is 0 Å². The minimum Gasteiger partial charge on any atom is -0.487 e. The number of benzene rings is 1. The number of anilines is 1. The average molecular weight is 248 g/mol. The minimum absolute atomic E-state index is 0.277. The molecule has 100 valence electrons. The summed E-state index contributed by atoms with van der Waals surface area (Å²) in [4.78, 5) is 2.44. The first-order valence-electron chi connectivity index (χ1n) is 6.99. The highest BCUT2D eigenvalue weighted by Crippen LogP contribution is 2.34. The van der Waals surface area contributed by atoms with Gasteiger partial charge in [-0.25, -0.2) is 0 Å². The molecule has 2 rings (SSSR count). The Kier molecular flexibility index (Phi) is 4.48. The summed E-state index contributed by atoms with van der Waals surface area (Å²) < 4.78 is 5.90. The first-order chi connectivity index (χ1) is 8.74. The van der Waals surface area contributed by atoms with E-state index in [1.54, 1.807) is 0 Å². The average Bonchev–Trinajstić information content (AvgIpc) is 2.37. The molecular formula is C15H24N2O. The van der Waals surface area contributed by atoms with Crippen molar-refractivity contribution in [2.45, 2.75) is 39.2 Å². The van der Waals surface area contributed by atoms with Crippen LogP contribution in [0.4, 0.5) is 5.69 Å². The van der Waals surface area contributed by atoms with Gasteiger partial charge in [0.05, 0.1) is 12.2 Å². The van der Waals surface area contributed by atoms with Crippen molar-refractivity contribution in [3.63, 3.8) is 0 Å². The van der Waals surface area contributed by atoms with Gasteiger partial charge in [0.25, 0.3) is 0 Å². The second-order valence-corrected chi connectivity index (χ2v) is 5.07. The third-order valence-electron chi connectivity index (χ3n) is 3.33. The Morgan fingerprint density at radius 3 is 3.00 bits per heavy atom. The number of hydrogen-bond acceptors (Lipinski definition) is 3. The fourth-order valence-corrected chi connectivity index (χ4v) is 2.52. The van der Waals surface area contributed by atoms with E-state index < -0.39 is 0 Å². The van der Waals surface area contributed by atoms with Crippen molar-refractivity contribution in [3.8, 4) is 5.75 Å². The van der Waals surface area contributed by atoms with Crippen molar-refractivity contribution in [3.05, 3.63) is 23.8 Å². The van der Waals surface area contributed by atoms with E-state index in [4.69, 9.17) is 10.5 Å². The van der Waals surface area contributed by atoms with Crippen LogP contribution in [0.15, 0.2) is 18.2 Å². The van der Waals surface area contributed by atoms with Gasteiger partial charge in [0.15, 0.2) is 0 Å². The SMILES string of the molecule is CCCN1CC(C)Oc2ccc(CCCN)cc21. The van der Waals surface area contributed by atoms with Gasteiger partial charge in [0, 0.05) is 6.54 Å². The Labute approximate surface area is 110 Å². The molecule has 0 bridgehead atoms. The summed E-state index contributed by atoms with van der Waals surface area (Å²) in [5, 5.41) is 0. The third kappa shape index (κ3) is 2.96. The Bertz CT molecular complexity index is 392. The molecule has 18 heavy (non-hydrogen) atoms. The maximum absolute atomic E-state index is 5.90. The second-order valence-electron chi connectivity index (χ2n) is 5.07. The van der Waals surface area contributed by atoms with Gasteiger partial charge in [0.2, 0.25) is 0 Å². The van der Waals surface area contributed by atoms with E-state index in [1.807, 2.05) is 0 Å². The quantitative estimate of drug-likeness (QED) is 0.870. The molecule has 3 heteroatoms. The van der Waals surface area contributed by atoms with Crippen LogP contribution >= 0.6 is 0 Å². The van der Waals surface area contributed by atoms with E-state index in [-0.39, 0.29) is 6.10 Å². The highest BCUT2D eigenvalue weighted by Gasteiger charge is 2.22. The van der Waals surface area contributed by atoms with Crippen LogP contribution in [0.1, 0.15) is 32.3 Å². The van der Waals surface area contributed by atoms with E-state index in [9.17, 15) is 0 Å². The molecule has 1 aromatic carbocycles. The molecule has 0 aliphatic carbocycles. The molecule has 0 fully saturated rings. The zero-order valence-corrected chi connectivity index (χ0v) is 11.5. The monoisotopic (exact) mass is 248 g/mol. The van der Waals surface area contributed by atoms with Crippen molar-refractivity contribution in [2.75, 3.05) is 24.5 Å². The summed E-state index contributed by atoms with van der Waals surface area (Å²) in [6, 6.07) is 6.54. The fraction of sp³-hybridized carbons (Fsp3) is 0.600. The van der Waals surface area contributed by atoms with E-state index in [2.05, 4.69) is 36.9 Å². The number of hydrogen-bond donors (Lipinski definition) is 1. The van der Waals surface area contributed by atoms with Gasteiger partial charge in [-0.15, -0.1) is 0 Å². The highest BCUT2D eigenvalue weighted by molar-refractivity contribution is 5.61. The summed E-state index contributed by atoms with van der Waals surface area (Å²) in [5.74, 6) is 1.03. The molecule has 0 amide bonds. The van der Waals surface area contributed by atoms with Crippen LogP contribution in [0, 0.1) is 0 Å². The Hall–Kier alpha value is -1.22. The van der Waals surface area contributed by atoms with Crippen molar-refractivity contribution < 1.29 is 4.74 Å². The van der Waals surface area contributed by atoms with Crippen LogP contribution in [0.25, 0.3) is 0 Å². The smallest absolute Gasteiger partial charge is 0.143 e. The van der Waals surface area contributed by atoms with Crippen LogP contribution in [-0.4, -0.2) is 25.7 Å². The molecule has 1 aliphatic rings. The Morgan fingerprint density at radius 2 is 2.28 bits per heavy atom. The van der Waals surface area contributed by atoms with Gasteiger partial charge in [-0.1, -0.05) is 13.0 Å². The summed E-state index contributed by atoms with van der Waals surface area (Å²) in [7, 11) is 0. The molecule has 0 spiro atoms. The van der Waals surface area contributed by atoms with Crippen LogP contribution < -0.4 is 15.4 Å². The zero-order chi connectivity index (χ0) is 13.0. The topological polar surface area (TPSA) is 38.5 Å². The highest BCUT2D eigenvalue weighted by atomic mass is 16.5. The lowest BCUT2D eigenvalue weighted by Gasteiger charge is -2.35. The largest absolute Gasteiger partial charge is 0.487 e. The molecule has 1 unspecified atom stereocenters. The van der Waals surface area contributed by atoms with Crippen LogP contribution in [-0.2, 0) is 6.42 Å². The predicted octanol–water partition coefficient (Wildman–Crippen LogP) is 2.58. The van der Waals surface area contributed by atoms with Crippen molar-refractivity contribution in [1.82, 2.24) is 0 Å². The normalized spacial score (nSPS) is 18.4. The van der Waals surface area contributed by atoms with E-state index in [0.29, 0.717) is 0 Å². The minimum atomic E-state index is 0.277. The number of nitrogens with zero attached hydrogens (tertiary/aromatic N) is 1. The number of ether oxygens (including phenoxy) is 1. The van der Waals surface area contributed by atoms with E-state index in [1.165, 1.54) is 17.7 Å². The number of rotatable bonds is 5. The van der Waals surface area contributed by atoms with Gasteiger partial charge >= 0.3 is 0 Å². The molecule has 1 aliphatic heterocycles. The third-order valence-corrected chi connectivity index (χ3v) is 3.33. The standard InChI is InChI=1S/C15H24N2O/c1-3-9-17-11-12(2)18-15-7-6-13(5-4-8-16)10-14(15)17/h6-7,10,12H,3-5,8-9,11,16H2,1-2H3. The van der Waals surface area contributed by atoms with Crippen molar-refractivity contribution >= 4 is 5.69 Å². The molecule has 0 aromatic heterocycles. The first kappa shape index (κ1) is 13.2.